The zero-order valence-electron chi connectivity index (χ0n) is 13.8. The molecule has 6 heteroatoms. The molecule has 0 atom stereocenters. The van der Waals surface area contributed by atoms with Crippen molar-refractivity contribution in [2.45, 2.75) is 52.2 Å². The highest BCUT2D eigenvalue weighted by Gasteiger charge is 2.29. The van der Waals surface area contributed by atoms with Crippen LogP contribution in [0, 0.1) is 0 Å². The van der Waals surface area contributed by atoms with E-state index in [-0.39, 0.29) is 24.0 Å². The van der Waals surface area contributed by atoms with Gasteiger partial charge >= 0.3 is 0 Å². The van der Waals surface area contributed by atoms with Gasteiger partial charge in [0.05, 0.1) is 6.26 Å². The second-order valence-corrected chi connectivity index (χ2v) is 5.76. The number of halogens is 1. The smallest absolute Gasteiger partial charge is 0.191 e. The number of nitrogens with zero attached hydrogens (tertiary/aromatic N) is 2. The van der Waals surface area contributed by atoms with Crippen LogP contribution in [0.25, 0.3) is 0 Å². The van der Waals surface area contributed by atoms with E-state index in [1.807, 2.05) is 12.1 Å². The second kappa shape index (κ2) is 10.1. The molecule has 0 aliphatic heterocycles. The van der Waals surface area contributed by atoms with Crippen molar-refractivity contribution in [1.29, 1.82) is 0 Å². The van der Waals surface area contributed by atoms with Gasteiger partial charge in [-0.25, -0.2) is 4.99 Å². The van der Waals surface area contributed by atoms with Crippen molar-refractivity contribution in [3.8, 4) is 0 Å². The van der Waals surface area contributed by atoms with Gasteiger partial charge in [0.25, 0.3) is 0 Å². The number of guanidine groups is 1. The maximum absolute atomic E-state index is 5.31. The van der Waals surface area contributed by atoms with Gasteiger partial charge < -0.3 is 15.1 Å². The molecule has 1 saturated carbocycles. The van der Waals surface area contributed by atoms with Crippen molar-refractivity contribution in [2.75, 3.05) is 19.6 Å². The Hall–Kier alpha value is -0.760. The SMILES string of the molecule is CCNC(=NCc1ccco1)NCCN(C(C)C)C1CC1.I. The van der Waals surface area contributed by atoms with Crippen LogP contribution in [0.3, 0.4) is 0 Å². The molecule has 1 aromatic rings. The van der Waals surface area contributed by atoms with Gasteiger partial charge in [-0.05, 0) is 45.7 Å². The van der Waals surface area contributed by atoms with Crippen molar-refractivity contribution < 1.29 is 4.42 Å². The standard InChI is InChI=1S/C16H28N4O.HI/c1-4-17-16(19-12-15-6-5-11-21-15)18-9-10-20(13(2)3)14-7-8-14;/h5-6,11,13-14H,4,7-10,12H2,1-3H3,(H2,17,18,19);1H. The molecule has 5 nitrogen and oxygen atoms in total. The molecule has 126 valence electrons. The van der Waals surface area contributed by atoms with E-state index in [1.165, 1.54) is 12.8 Å². The monoisotopic (exact) mass is 420 g/mol. The fourth-order valence-corrected chi connectivity index (χ4v) is 2.47. The highest BCUT2D eigenvalue weighted by molar-refractivity contribution is 14.0. The normalized spacial score (nSPS) is 15.0. The van der Waals surface area contributed by atoms with E-state index in [2.05, 4.69) is 41.3 Å². The van der Waals surface area contributed by atoms with Crippen molar-refractivity contribution in [3.63, 3.8) is 0 Å². The van der Waals surface area contributed by atoms with Crippen molar-refractivity contribution >= 4 is 29.9 Å². The van der Waals surface area contributed by atoms with Gasteiger partial charge in [-0.3, -0.25) is 4.90 Å². The van der Waals surface area contributed by atoms with Crippen LogP contribution in [0.2, 0.25) is 0 Å². The number of nitrogens with one attached hydrogen (secondary N) is 2. The van der Waals surface area contributed by atoms with Crippen LogP contribution in [0.4, 0.5) is 0 Å². The lowest BCUT2D eigenvalue weighted by molar-refractivity contribution is 0.215. The van der Waals surface area contributed by atoms with E-state index in [1.54, 1.807) is 6.26 Å². The molecular formula is C16H29IN4O. The Morgan fingerprint density at radius 2 is 2.18 bits per heavy atom. The highest BCUT2D eigenvalue weighted by Crippen LogP contribution is 2.27. The molecule has 0 spiro atoms. The van der Waals surface area contributed by atoms with Crippen LogP contribution in [0.1, 0.15) is 39.4 Å². The number of furan rings is 1. The molecule has 2 N–H and O–H groups in total. The molecule has 22 heavy (non-hydrogen) atoms. The topological polar surface area (TPSA) is 52.8 Å². The maximum atomic E-state index is 5.31. The van der Waals surface area contributed by atoms with Crippen LogP contribution < -0.4 is 10.6 Å². The van der Waals surface area contributed by atoms with Crippen LogP contribution in [-0.2, 0) is 6.54 Å². The van der Waals surface area contributed by atoms with Gasteiger partial charge in [0.1, 0.15) is 12.3 Å². The fourth-order valence-electron chi connectivity index (χ4n) is 2.47. The molecule has 0 amide bonds. The van der Waals surface area contributed by atoms with Crippen LogP contribution >= 0.6 is 24.0 Å². The summed E-state index contributed by atoms with van der Waals surface area (Å²) in [5.74, 6) is 1.74. The summed E-state index contributed by atoms with van der Waals surface area (Å²) in [6.07, 6.45) is 4.39. The highest BCUT2D eigenvalue weighted by atomic mass is 127. The number of hydrogen-bond acceptors (Lipinski definition) is 3. The van der Waals surface area contributed by atoms with Crippen LogP contribution in [-0.4, -0.2) is 42.6 Å². The average molecular weight is 420 g/mol. The molecule has 2 rings (SSSR count). The van der Waals surface area contributed by atoms with Crippen molar-refractivity contribution in [3.05, 3.63) is 24.2 Å². The molecular weight excluding hydrogens is 391 g/mol. The number of aliphatic imine (C=N–C) groups is 1. The van der Waals surface area contributed by atoms with E-state index in [0.717, 1.165) is 37.4 Å². The van der Waals surface area contributed by atoms with E-state index in [4.69, 9.17) is 4.42 Å². The first kappa shape index (κ1) is 19.3. The Labute approximate surface area is 150 Å². The zero-order chi connectivity index (χ0) is 15.1. The largest absolute Gasteiger partial charge is 0.467 e. The summed E-state index contributed by atoms with van der Waals surface area (Å²) >= 11 is 0. The first-order valence-corrected chi connectivity index (χ1v) is 8.01. The minimum absolute atomic E-state index is 0. The minimum atomic E-state index is 0. The Kier molecular flexibility index (Phi) is 8.85. The zero-order valence-corrected chi connectivity index (χ0v) is 16.2. The molecule has 0 aromatic carbocycles. The Morgan fingerprint density at radius 3 is 2.73 bits per heavy atom. The lowest BCUT2D eigenvalue weighted by Gasteiger charge is -2.26. The molecule has 1 heterocycles. The number of hydrogen-bond donors (Lipinski definition) is 2. The molecule has 0 unspecified atom stereocenters. The van der Waals surface area contributed by atoms with E-state index < -0.39 is 0 Å². The van der Waals surface area contributed by atoms with Gasteiger partial charge in [0, 0.05) is 31.7 Å². The van der Waals surface area contributed by atoms with Crippen molar-refractivity contribution in [2.24, 2.45) is 4.99 Å². The first-order chi connectivity index (χ1) is 10.2. The van der Waals surface area contributed by atoms with Gasteiger partial charge in [0.2, 0.25) is 0 Å². The second-order valence-electron chi connectivity index (χ2n) is 5.76. The van der Waals surface area contributed by atoms with Crippen LogP contribution in [0.15, 0.2) is 27.8 Å². The summed E-state index contributed by atoms with van der Waals surface area (Å²) < 4.78 is 5.31. The average Bonchev–Trinajstić information content (AvgIpc) is 3.15. The summed E-state index contributed by atoms with van der Waals surface area (Å²) in [4.78, 5) is 7.11. The maximum Gasteiger partial charge on any atom is 0.191 e. The molecule has 0 saturated heterocycles. The minimum Gasteiger partial charge on any atom is -0.467 e. The van der Waals surface area contributed by atoms with Gasteiger partial charge in [-0.15, -0.1) is 24.0 Å². The summed E-state index contributed by atoms with van der Waals surface area (Å²) in [6.45, 7) is 10.0. The third-order valence-corrected chi connectivity index (χ3v) is 3.66. The lowest BCUT2D eigenvalue weighted by atomic mass is 10.3. The van der Waals surface area contributed by atoms with Gasteiger partial charge in [0.15, 0.2) is 5.96 Å². The Bertz CT molecular complexity index is 427. The molecule has 0 bridgehead atoms. The number of rotatable bonds is 8. The first-order valence-electron chi connectivity index (χ1n) is 8.01. The van der Waals surface area contributed by atoms with E-state index in [0.29, 0.717) is 12.6 Å². The van der Waals surface area contributed by atoms with E-state index >= 15 is 0 Å². The third-order valence-electron chi connectivity index (χ3n) is 3.66. The summed E-state index contributed by atoms with van der Waals surface area (Å²) in [6, 6.07) is 5.25. The molecule has 1 aliphatic carbocycles. The summed E-state index contributed by atoms with van der Waals surface area (Å²) in [5.41, 5.74) is 0. The van der Waals surface area contributed by atoms with Crippen LogP contribution in [0.5, 0.6) is 0 Å². The third kappa shape index (κ3) is 6.56. The molecule has 1 fully saturated rings. The molecule has 1 aromatic heterocycles. The summed E-state index contributed by atoms with van der Waals surface area (Å²) in [5, 5.41) is 6.68. The predicted molar refractivity (Wildman–Crippen MR) is 102 cm³/mol. The van der Waals surface area contributed by atoms with Gasteiger partial charge in [-0.2, -0.15) is 0 Å². The predicted octanol–water partition coefficient (Wildman–Crippen LogP) is 2.83. The molecule has 0 radical (unpaired) electrons. The summed E-state index contributed by atoms with van der Waals surface area (Å²) in [7, 11) is 0. The lowest BCUT2D eigenvalue weighted by Crippen LogP contribution is -2.43. The molecule has 1 aliphatic rings. The van der Waals surface area contributed by atoms with E-state index in [9.17, 15) is 0 Å². The van der Waals surface area contributed by atoms with Crippen molar-refractivity contribution in [1.82, 2.24) is 15.5 Å². The fraction of sp³-hybridized carbons (Fsp3) is 0.688. The van der Waals surface area contributed by atoms with Gasteiger partial charge in [-0.1, -0.05) is 0 Å². The Morgan fingerprint density at radius 1 is 1.41 bits per heavy atom. The Balaban J connectivity index is 0.00000242. The quantitative estimate of drug-likeness (QED) is 0.386.